The summed E-state index contributed by atoms with van der Waals surface area (Å²) in [4.78, 5) is 5.10. The highest BCUT2D eigenvalue weighted by Crippen LogP contribution is 2.14. The molecule has 1 fully saturated rings. The second kappa shape index (κ2) is 8.20. The third kappa shape index (κ3) is 6.21. The van der Waals surface area contributed by atoms with Crippen LogP contribution in [0.4, 0.5) is 0 Å². The molecule has 1 rings (SSSR count). The third-order valence-electron chi connectivity index (χ3n) is 4.26. The molecule has 0 aromatic carbocycles. The molecule has 0 aromatic rings. The first-order valence-electron chi connectivity index (χ1n) is 7.83. The van der Waals surface area contributed by atoms with Crippen molar-refractivity contribution in [3.05, 3.63) is 0 Å². The predicted octanol–water partition coefficient (Wildman–Crippen LogP) is 1.14. The largest absolute Gasteiger partial charge is 0.394 e. The molecule has 0 saturated carbocycles. The van der Waals surface area contributed by atoms with Gasteiger partial charge < -0.3 is 20.6 Å². The Labute approximate surface area is 118 Å². The van der Waals surface area contributed by atoms with Gasteiger partial charge in [0.1, 0.15) is 0 Å². The van der Waals surface area contributed by atoms with Crippen molar-refractivity contribution in [2.75, 3.05) is 45.9 Å². The maximum Gasteiger partial charge on any atom is 0.0611 e. The minimum Gasteiger partial charge on any atom is -0.394 e. The molecule has 1 atom stereocenters. The molecule has 1 aliphatic rings. The lowest BCUT2D eigenvalue weighted by Gasteiger charge is -2.36. The van der Waals surface area contributed by atoms with Crippen molar-refractivity contribution in [1.82, 2.24) is 9.80 Å². The van der Waals surface area contributed by atoms with Crippen LogP contribution >= 0.6 is 0 Å². The monoisotopic (exact) mass is 271 g/mol. The molecule has 3 N–H and O–H groups in total. The van der Waals surface area contributed by atoms with Crippen molar-refractivity contribution in [2.24, 2.45) is 11.7 Å². The summed E-state index contributed by atoms with van der Waals surface area (Å²) in [5, 5.41) is 9.30. The van der Waals surface area contributed by atoms with Gasteiger partial charge in [0, 0.05) is 38.3 Å². The lowest BCUT2D eigenvalue weighted by atomic mass is 9.92. The molecule has 0 aliphatic carbocycles. The van der Waals surface area contributed by atoms with E-state index >= 15 is 0 Å². The number of hydrogen-bond acceptors (Lipinski definition) is 4. The van der Waals surface area contributed by atoms with E-state index in [0.717, 1.165) is 31.7 Å². The average Bonchev–Trinajstić information content (AvgIpc) is 2.40. The highest BCUT2D eigenvalue weighted by molar-refractivity contribution is 4.82. The van der Waals surface area contributed by atoms with E-state index in [0.29, 0.717) is 0 Å². The van der Waals surface area contributed by atoms with Gasteiger partial charge in [0.2, 0.25) is 0 Å². The van der Waals surface area contributed by atoms with Gasteiger partial charge in [-0.2, -0.15) is 0 Å². The molecular weight excluding hydrogens is 238 g/mol. The summed E-state index contributed by atoms with van der Waals surface area (Å²) in [6, 6.07) is 0. The minimum absolute atomic E-state index is 0.103. The lowest BCUT2D eigenvalue weighted by molar-refractivity contribution is 0.115. The van der Waals surface area contributed by atoms with E-state index in [9.17, 15) is 5.11 Å². The molecule has 1 aliphatic heterocycles. The van der Waals surface area contributed by atoms with Crippen molar-refractivity contribution in [3.63, 3.8) is 0 Å². The summed E-state index contributed by atoms with van der Waals surface area (Å²) >= 11 is 0. The summed E-state index contributed by atoms with van der Waals surface area (Å²) in [5.41, 5.74) is 5.75. The molecule has 4 nitrogen and oxygen atoms in total. The van der Waals surface area contributed by atoms with Crippen molar-refractivity contribution >= 4 is 0 Å². The Morgan fingerprint density at radius 2 is 1.74 bits per heavy atom. The Morgan fingerprint density at radius 3 is 2.21 bits per heavy atom. The van der Waals surface area contributed by atoms with E-state index in [-0.39, 0.29) is 12.1 Å². The van der Waals surface area contributed by atoms with E-state index in [1.54, 1.807) is 0 Å². The van der Waals surface area contributed by atoms with Crippen LogP contribution in [0.5, 0.6) is 0 Å². The fourth-order valence-electron chi connectivity index (χ4n) is 2.73. The first kappa shape index (κ1) is 16.9. The van der Waals surface area contributed by atoms with Crippen LogP contribution in [-0.4, -0.2) is 66.3 Å². The summed E-state index contributed by atoms with van der Waals surface area (Å²) in [6.07, 6.45) is 2.87. The van der Waals surface area contributed by atoms with Crippen LogP contribution in [-0.2, 0) is 0 Å². The van der Waals surface area contributed by atoms with E-state index in [4.69, 9.17) is 5.73 Å². The van der Waals surface area contributed by atoms with Gasteiger partial charge in [-0.15, -0.1) is 0 Å². The zero-order valence-corrected chi connectivity index (χ0v) is 13.1. The van der Waals surface area contributed by atoms with Crippen LogP contribution in [0.3, 0.4) is 0 Å². The summed E-state index contributed by atoms with van der Waals surface area (Å²) < 4.78 is 0. The highest BCUT2D eigenvalue weighted by Gasteiger charge is 2.22. The summed E-state index contributed by atoms with van der Waals surface area (Å²) in [7, 11) is 0. The Morgan fingerprint density at radius 1 is 1.16 bits per heavy atom. The fourth-order valence-corrected chi connectivity index (χ4v) is 2.73. The Kier molecular flexibility index (Phi) is 7.29. The predicted molar refractivity (Wildman–Crippen MR) is 81.2 cm³/mol. The normalized spacial score (nSPS) is 21.8. The van der Waals surface area contributed by atoms with Crippen LogP contribution < -0.4 is 5.73 Å². The maximum absolute atomic E-state index is 9.30. The van der Waals surface area contributed by atoms with Gasteiger partial charge in [0.25, 0.3) is 0 Å². The van der Waals surface area contributed by atoms with Crippen LogP contribution in [0.25, 0.3) is 0 Å². The van der Waals surface area contributed by atoms with Crippen molar-refractivity contribution < 1.29 is 5.11 Å². The van der Waals surface area contributed by atoms with Crippen LogP contribution in [0, 0.1) is 5.92 Å². The zero-order valence-electron chi connectivity index (χ0n) is 13.1. The van der Waals surface area contributed by atoms with Crippen molar-refractivity contribution in [1.29, 1.82) is 0 Å². The third-order valence-corrected chi connectivity index (χ3v) is 4.26. The molecule has 1 heterocycles. The van der Waals surface area contributed by atoms with Gasteiger partial charge in [-0.1, -0.05) is 20.8 Å². The molecule has 0 bridgehead atoms. The van der Waals surface area contributed by atoms with Crippen molar-refractivity contribution in [3.8, 4) is 0 Å². The molecule has 0 amide bonds. The fraction of sp³-hybridized carbons (Fsp3) is 1.00. The summed E-state index contributed by atoms with van der Waals surface area (Å²) in [6.45, 7) is 13.8. The molecule has 114 valence electrons. The number of aliphatic hydroxyl groups excluding tert-OH is 1. The smallest absolute Gasteiger partial charge is 0.0611 e. The van der Waals surface area contributed by atoms with Crippen molar-refractivity contribution in [2.45, 2.75) is 45.6 Å². The Bertz CT molecular complexity index is 234. The molecule has 19 heavy (non-hydrogen) atoms. The van der Waals surface area contributed by atoms with Gasteiger partial charge in [-0.3, -0.25) is 0 Å². The van der Waals surface area contributed by atoms with Gasteiger partial charge >= 0.3 is 0 Å². The van der Waals surface area contributed by atoms with E-state index in [2.05, 4.69) is 30.6 Å². The van der Waals surface area contributed by atoms with Gasteiger partial charge in [-0.05, 0) is 31.7 Å². The topological polar surface area (TPSA) is 52.7 Å². The Balaban J connectivity index is 2.16. The number of nitrogens with two attached hydrogens (primary N) is 1. The lowest BCUT2D eigenvalue weighted by Crippen LogP contribution is -2.48. The van der Waals surface area contributed by atoms with E-state index < -0.39 is 0 Å². The molecular formula is C15H33N3O. The molecule has 4 heteroatoms. The van der Waals surface area contributed by atoms with Gasteiger partial charge in [-0.25, -0.2) is 0 Å². The molecule has 0 radical (unpaired) electrons. The zero-order chi connectivity index (χ0) is 14.3. The first-order valence-corrected chi connectivity index (χ1v) is 7.83. The van der Waals surface area contributed by atoms with Gasteiger partial charge in [0.15, 0.2) is 0 Å². The molecule has 1 saturated heterocycles. The number of nitrogens with zero attached hydrogens (tertiary/aromatic N) is 2. The first-order chi connectivity index (χ1) is 8.99. The molecule has 1 unspecified atom stereocenters. The number of rotatable bonds is 8. The number of aliphatic hydroxyl groups is 1. The standard InChI is InChI=1S/C15H33N3O/c1-4-15(16,13-19)6-5-7-17-8-10-18(11-9-17)12-14(2)3/h14,19H,4-13,16H2,1-3H3. The molecule has 0 aromatic heterocycles. The average molecular weight is 271 g/mol. The van der Waals surface area contributed by atoms with E-state index in [1.807, 2.05) is 0 Å². The number of hydrogen-bond donors (Lipinski definition) is 2. The summed E-state index contributed by atoms with van der Waals surface area (Å²) in [5.74, 6) is 0.763. The minimum atomic E-state index is -0.362. The van der Waals surface area contributed by atoms with Gasteiger partial charge in [0.05, 0.1) is 6.61 Å². The molecule has 0 spiro atoms. The van der Waals surface area contributed by atoms with Crippen LogP contribution in [0.1, 0.15) is 40.0 Å². The maximum atomic E-state index is 9.30. The highest BCUT2D eigenvalue weighted by atomic mass is 16.3. The van der Waals surface area contributed by atoms with Crippen LogP contribution in [0.15, 0.2) is 0 Å². The van der Waals surface area contributed by atoms with Crippen LogP contribution in [0.2, 0.25) is 0 Å². The SMILES string of the molecule is CCC(N)(CO)CCCN1CCN(CC(C)C)CC1. The number of piperazine rings is 1. The second-order valence-corrected chi connectivity index (χ2v) is 6.51. The van der Waals surface area contributed by atoms with E-state index in [1.165, 1.54) is 32.7 Å². The Hall–Kier alpha value is -0.160. The second-order valence-electron chi connectivity index (χ2n) is 6.51. The quantitative estimate of drug-likeness (QED) is 0.695.